The molecule has 458 valence electrons. The van der Waals surface area contributed by atoms with Gasteiger partial charge in [-0.05, 0) is 203 Å². The molecule has 0 unspecified atom stereocenters. The molecule has 4 aliphatic carbocycles. The van der Waals surface area contributed by atoms with Crippen LogP contribution in [0.1, 0.15) is 202 Å². The summed E-state index contributed by atoms with van der Waals surface area (Å²) in [5.41, 5.74) is -4.58. The number of ketones is 1. The quantitative estimate of drug-likeness (QED) is 0.0707. The summed E-state index contributed by atoms with van der Waals surface area (Å²) in [6.07, 6.45) is 8.23. The molecule has 18 nitrogen and oxygen atoms in total. The van der Waals surface area contributed by atoms with E-state index in [-0.39, 0.29) is 106 Å². The molecule has 4 fully saturated rings. The Hall–Kier alpha value is -4.16. The van der Waals surface area contributed by atoms with E-state index in [4.69, 9.17) is 28.4 Å². The van der Waals surface area contributed by atoms with Crippen molar-refractivity contribution in [3.05, 3.63) is 0 Å². The minimum absolute atomic E-state index is 0.0312. The lowest BCUT2D eigenvalue weighted by atomic mass is 9.44. The summed E-state index contributed by atoms with van der Waals surface area (Å²) >= 11 is 0. The number of methoxy groups -OCH3 is 1. The molecule has 0 radical (unpaired) electrons. The van der Waals surface area contributed by atoms with E-state index in [0.29, 0.717) is 36.4 Å². The van der Waals surface area contributed by atoms with E-state index in [1.807, 2.05) is 4.90 Å². The zero-order chi connectivity index (χ0) is 60.6. The van der Waals surface area contributed by atoms with Crippen molar-refractivity contribution in [2.24, 2.45) is 46.3 Å². The van der Waals surface area contributed by atoms with Gasteiger partial charge in [-0.3, -0.25) is 53.1 Å². The standard InChI is InChI=1S/C62H106N4O14/c1-40(20-27-50(69)75-19)44-23-24-45-43-22-21-41-34-42(28-29-61(41,17)46(43)35-48(67)62(44,45)18)63-49(68)26-25-47(55(74)80-60(14,15)16)66(32-30-64(36-51(70)76-56(2,3)4)37-52(71)77-57(5,6)7)33-31-65(38-53(72)78-58(8,9)10)39-54(73)79-59(11,12)13/h40-47H,20-39H2,1-19H3,(H,63,68)/t40-,41-,42+,43+,44-,45+,46+,47+,61+,62-/m1/s1. The van der Waals surface area contributed by atoms with Gasteiger partial charge >= 0.3 is 35.8 Å². The topological polar surface area (TPSA) is 214 Å². The van der Waals surface area contributed by atoms with Gasteiger partial charge in [0, 0.05) is 56.9 Å². The van der Waals surface area contributed by atoms with Crippen LogP contribution in [0.3, 0.4) is 0 Å². The minimum atomic E-state index is -1.03. The number of rotatable bonds is 24. The number of Topliss-reactive ketones (excluding diaryl/α,β-unsaturated/α-hetero) is 1. The zero-order valence-corrected chi connectivity index (χ0v) is 52.8. The molecule has 0 spiro atoms. The van der Waals surface area contributed by atoms with Crippen molar-refractivity contribution < 1.29 is 66.8 Å². The average molecular weight is 1130 g/mol. The maximum absolute atomic E-state index is 14.6. The Labute approximate surface area is 480 Å². The van der Waals surface area contributed by atoms with Crippen LogP contribution in [0.2, 0.25) is 0 Å². The molecule has 0 saturated heterocycles. The van der Waals surface area contributed by atoms with E-state index >= 15 is 0 Å². The Balaban J connectivity index is 1.59. The molecular weight excluding hydrogens is 1020 g/mol. The van der Waals surface area contributed by atoms with Gasteiger partial charge in [0.05, 0.1) is 33.3 Å². The van der Waals surface area contributed by atoms with Crippen molar-refractivity contribution in [2.75, 3.05) is 59.5 Å². The monoisotopic (exact) mass is 1130 g/mol. The van der Waals surface area contributed by atoms with Gasteiger partial charge in [0.15, 0.2) is 0 Å². The SMILES string of the molecule is COC(=O)CC[C@@H](C)[C@H]1CC[C@H]2[C@@H]3CC[C@@H]4C[C@@H](NC(=O)CC[C@@H](C(=O)OC(C)(C)C)N(CCN(CC(=O)OC(C)(C)C)CC(=O)OC(C)(C)C)CCN(CC(=O)OC(C)(C)C)CC(=O)OC(C)(C)C)CC[C@]4(C)[C@H]3CC(=O)[C@]12C. The first kappa shape index (κ1) is 68.3. The molecule has 1 amide bonds. The normalized spacial score (nSPS) is 26.1. The third-order valence-corrected chi connectivity index (χ3v) is 16.9. The predicted octanol–water partition coefficient (Wildman–Crippen LogP) is 8.66. The van der Waals surface area contributed by atoms with Gasteiger partial charge in [0.1, 0.15) is 39.8 Å². The number of carbonyl (C=O) groups is 8. The molecule has 0 aliphatic heterocycles. The molecule has 1 N–H and O–H groups in total. The summed E-state index contributed by atoms with van der Waals surface area (Å²) in [5.74, 6) is -1.03. The number of fused-ring (bicyclic) bond motifs is 5. The van der Waals surface area contributed by atoms with Crippen LogP contribution in [0, 0.1) is 46.3 Å². The number of nitrogens with one attached hydrogen (secondary N) is 1. The zero-order valence-electron chi connectivity index (χ0n) is 52.8. The Morgan fingerprint density at radius 3 is 1.48 bits per heavy atom. The van der Waals surface area contributed by atoms with Crippen LogP contribution in [0.15, 0.2) is 0 Å². The number of hydrogen-bond donors (Lipinski definition) is 1. The maximum Gasteiger partial charge on any atom is 0.323 e. The lowest BCUT2D eigenvalue weighted by Crippen LogP contribution is -2.58. The Morgan fingerprint density at radius 2 is 1.04 bits per heavy atom. The second-order valence-electron chi connectivity index (χ2n) is 29.3. The largest absolute Gasteiger partial charge is 0.469 e. The van der Waals surface area contributed by atoms with Crippen molar-refractivity contribution in [3.63, 3.8) is 0 Å². The summed E-state index contributed by atoms with van der Waals surface area (Å²) in [5, 5.41) is 3.35. The minimum Gasteiger partial charge on any atom is -0.469 e. The molecule has 18 heteroatoms. The van der Waals surface area contributed by atoms with Gasteiger partial charge in [-0.15, -0.1) is 0 Å². The van der Waals surface area contributed by atoms with Crippen molar-refractivity contribution in [2.45, 2.75) is 242 Å². The third-order valence-electron chi connectivity index (χ3n) is 16.9. The van der Waals surface area contributed by atoms with Crippen LogP contribution < -0.4 is 5.32 Å². The van der Waals surface area contributed by atoms with Crippen molar-refractivity contribution in [1.82, 2.24) is 20.0 Å². The number of amides is 1. The number of esters is 6. The fourth-order valence-corrected chi connectivity index (χ4v) is 13.7. The van der Waals surface area contributed by atoms with Crippen LogP contribution in [0.25, 0.3) is 0 Å². The molecule has 4 saturated carbocycles. The molecule has 80 heavy (non-hydrogen) atoms. The second-order valence-corrected chi connectivity index (χ2v) is 29.3. The number of nitrogens with zero attached hydrogens (tertiary/aromatic N) is 3. The van der Waals surface area contributed by atoms with E-state index in [9.17, 15) is 38.4 Å². The fourth-order valence-electron chi connectivity index (χ4n) is 13.7. The summed E-state index contributed by atoms with van der Waals surface area (Å²) in [4.78, 5) is 114. The highest BCUT2D eigenvalue weighted by Crippen LogP contribution is 2.67. The Morgan fingerprint density at radius 1 is 0.575 bits per heavy atom. The molecule has 4 aliphatic rings. The van der Waals surface area contributed by atoms with E-state index in [2.05, 4.69) is 26.1 Å². The van der Waals surface area contributed by atoms with Crippen LogP contribution in [0.4, 0.5) is 0 Å². The molecule has 0 aromatic rings. The summed E-state index contributed by atoms with van der Waals surface area (Å²) < 4.78 is 33.7. The van der Waals surface area contributed by atoms with Crippen LogP contribution in [0.5, 0.6) is 0 Å². The van der Waals surface area contributed by atoms with E-state index in [1.54, 1.807) is 114 Å². The number of ether oxygens (including phenoxy) is 6. The molecule has 0 aromatic carbocycles. The van der Waals surface area contributed by atoms with Gasteiger partial charge in [0.25, 0.3) is 0 Å². The lowest BCUT2D eigenvalue weighted by molar-refractivity contribution is -0.165. The van der Waals surface area contributed by atoms with Gasteiger partial charge in [-0.25, -0.2) is 0 Å². The predicted molar refractivity (Wildman–Crippen MR) is 305 cm³/mol. The van der Waals surface area contributed by atoms with Gasteiger partial charge in [0.2, 0.25) is 5.91 Å². The van der Waals surface area contributed by atoms with Crippen molar-refractivity contribution in [3.8, 4) is 0 Å². The van der Waals surface area contributed by atoms with E-state index in [1.165, 1.54) is 7.11 Å². The molecule has 4 rings (SSSR count). The van der Waals surface area contributed by atoms with Gasteiger partial charge in [-0.1, -0.05) is 20.8 Å². The third kappa shape index (κ3) is 20.9. The fraction of sp³-hybridized carbons (Fsp3) is 0.871. The summed E-state index contributed by atoms with van der Waals surface area (Å²) in [6.45, 7) is 32.3. The first-order valence-electron chi connectivity index (χ1n) is 29.8. The van der Waals surface area contributed by atoms with E-state index in [0.717, 1.165) is 51.4 Å². The summed E-state index contributed by atoms with van der Waals surface area (Å²) in [6, 6.07) is -1.12. The van der Waals surface area contributed by atoms with Gasteiger partial charge in [-0.2, -0.15) is 0 Å². The molecule has 0 heterocycles. The highest BCUT2D eigenvalue weighted by molar-refractivity contribution is 5.87. The lowest BCUT2D eigenvalue weighted by Gasteiger charge is -2.60. The Kier molecular flexibility index (Phi) is 23.5. The molecular formula is C62H106N4O14. The van der Waals surface area contributed by atoms with Crippen LogP contribution >= 0.6 is 0 Å². The highest BCUT2D eigenvalue weighted by Gasteiger charge is 2.64. The second kappa shape index (κ2) is 27.5. The van der Waals surface area contributed by atoms with Crippen LogP contribution in [-0.2, 0) is 66.8 Å². The van der Waals surface area contributed by atoms with Crippen molar-refractivity contribution in [1.29, 1.82) is 0 Å². The van der Waals surface area contributed by atoms with E-state index < -0.39 is 69.3 Å². The average Bonchev–Trinajstić information content (AvgIpc) is 3.64. The molecule has 10 atom stereocenters. The number of carbonyl (C=O) groups excluding carboxylic acids is 8. The first-order valence-corrected chi connectivity index (χ1v) is 29.8. The first-order chi connectivity index (χ1) is 36.6. The molecule has 0 bridgehead atoms. The summed E-state index contributed by atoms with van der Waals surface area (Å²) in [7, 11) is 1.42. The maximum atomic E-state index is 14.6. The van der Waals surface area contributed by atoms with Gasteiger partial charge < -0.3 is 33.7 Å². The highest BCUT2D eigenvalue weighted by atomic mass is 16.6. The smallest absolute Gasteiger partial charge is 0.323 e. The number of hydrogen-bond acceptors (Lipinski definition) is 17. The molecule has 0 aromatic heterocycles. The van der Waals surface area contributed by atoms with Crippen LogP contribution in [-0.4, -0.2) is 162 Å². The Bertz CT molecular complexity index is 2040. The van der Waals surface area contributed by atoms with Crippen molar-refractivity contribution >= 4 is 47.5 Å².